The van der Waals surface area contributed by atoms with Gasteiger partial charge in [0.2, 0.25) is 0 Å². The van der Waals surface area contributed by atoms with E-state index in [0.717, 1.165) is 4.88 Å². The monoisotopic (exact) mass is 390 g/mol. The first-order valence-electron chi connectivity index (χ1n) is 8.24. The van der Waals surface area contributed by atoms with E-state index in [1.807, 2.05) is 19.1 Å². The lowest BCUT2D eigenvalue weighted by Gasteiger charge is -2.16. The molecule has 0 saturated carbocycles. The lowest BCUT2D eigenvalue weighted by Crippen LogP contribution is -2.33. The van der Waals surface area contributed by atoms with Crippen LogP contribution in [0.15, 0.2) is 29.9 Å². The third kappa shape index (κ3) is 3.31. The van der Waals surface area contributed by atoms with Crippen molar-refractivity contribution in [2.24, 2.45) is 5.10 Å². The number of anilines is 1. The molecular formula is C16H18N6O4S. The van der Waals surface area contributed by atoms with Gasteiger partial charge in [0.1, 0.15) is 24.6 Å². The normalized spacial score (nSPS) is 25.6. The summed E-state index contributed by atoms with van der Waals surface area (Å²) in [5.74, 6) is 0.398. The Balaban J connectivity index is 1.59. The Labute approximate surface area is 157 Å². The molecule has 0 spiro atoms. The molecule has 27 heavy (non-hydrogen) atoms. The van der Waals surface area contributed by atoms with Crippen molar-refractivity contribution in [3.05, 3.63) is 34.5 Å². The fourth-order valence-electron chi connectivity index (χ4n) is 2.91. The molecule has 4 rings (SSSR count). The summed E-state index contributed by atoms with van der Waals surface area (Å²) in [6, 6.07) is 3.98. The molecular weight excluding hydrogens is 372 g/mol. The second kappa shape index (κ2) is 7.29. The summed E-state index contributed by atoms with van der Waals surface area (Å²) in [5, 5.41) is 33.6. The first-order chi connectivity index (χ1) is 13.1. The Hall–Kier alpha value is -2.44. The van der Waals surface area contributed by atoms with Crippen LogP contribution in [-0.4, -0.2) is 66.0 Å². The quantitative estimate of drug-likeness (QED) is 0.359. The summed E-state index contributed by atoms with van der Waals surface area (Å²) in [6.45, 7) is 1.62. The zero-order valence-electron chi connectivity index (χ0n) is 14.3. The first-order valence-corrected chi connectivity index (χ1v) is 9.05. The average Bonchev–Trinajstić information content (AvgIpc) is 3.35. The van der Waals surface area contributed by atoms with Gasteiger partial charge in [-0.1, -0.05) is 0 Å². The molecule has 4 N–H and O–H groups in total. The number of imidazole rings is 1. The standard InChI is InChI=1S/C16H18N6O4S/c1-8-2-3-9(27-8)4-20-21-14-11-15(18-6-17-14)22(7-19-11)16-13(25)12(24)10(5-23)26-16/h2-4,6-7,10,12-13,16,23-25H,5H2,1H3,(H,17,18,21)/t10-,12-,13-,16?/m1/s1. The van der Waals surface area contributed by atoms with E-state index in [4.69, 9.17) is 4.74 Å². The van der Waals surface area contributed by atoms with Gasteiger partial charge in [0, 0.05) is 9.75 Å². The molecule has 1 unspecified atom stereocenters. The molecule has 0 aromatic carbocycles. The molecule has 3 aromatic rings. The number of nitrogens with one attached hydrogen (secondary N) is 1. The molecule has 0 radical (unpaired) electrons. The van der Waals surface area contributed by atoms with Crippen molar-refractivity contribution in [2.75, 3.05) is 12.0 Å². The average molecular weight is 390 g/mol. The number of rotatable bonds is 5. The minimum absolute atomic E-state index is 0.398. The number of aliphatic hydroxyl groups excluding tert-OH is 3. The molecule has 1 aliphatic rings. The Morgan fingerprint density at radius 3 is 2.85 bits per heavy atom. The zero-order valence-corrected chi connectivity index (χ0v) is 15.1. The van der Waals surface area contributed by atoms with Crippen LogP contribution in [0.1, 0.15) is 16.0 Å². The molecule has 0 amide bonds. The Morgan fingerprint density at radius 2 is 2.15 bits per heavy atom. The predicted octanol–water partition coefficient (Wildman–Crippen LogP) is 0.254. The van der Waals surface area contributed by atoms with Gasteiger partial charge in [-0.3, -0.25) is 9.99 Å². The molecule has 0 aliphatic carbocycles. The summed E-state index contributed by atoms with van der Waals surface area (Å²) in [6.07, 6.45) is 0.269. The Kier molecular flexibility index (Phi) is 4.85. The van der Waals surface area contributed by atoms with E-state index in [9.17, 15) is 15.3 Å². The highest BCUT2D eigenvalue weighted by molar-refractivity contribution is 7.13. The zero-order chi connectivity index (χ0) is 19.0. The van der Waals surface area contributed by atoms with Gasteiger partial charge in [0.25, 0.3) is 0 Å². The van der Waals surface area contributed by atoms with Crippen LogP contribution in [0.2, 0.25) is 0 Å². The van der Waals surface area contributed by atoms with E-state index in [-0.39, 0.29) is 0 Å². The second-order valence-electron chi connectivity index (χ2n) is 6.09. The number of aromatic nitrogens is 4. The fraction of sp³-hybridized carbons (Fsp3) is 0.375. The van der Waals surface area contributed by atoms with Crippen LogP contribution in [0, 0.1) is 6.92 Å². The lowest BCUT2D eigenvalue weighted by atomic mass is 10.1. The highest BCUT2D eigenvalue weighted by Gasteiger charge is 2.44. The Morgan fingerprint density at radius 1 is 1.30 bits per heavy atom. The number of hydrazone groups is 1. The first kappa shape index (κ1) is 17.9. The van der Waals surface area contributed by atoms with Gasteiger partial charge in [-0.25, -0.2) is 15.0 Å². The summed E-state index contributed by atoms with van der Waals surface area (Å²) in [7, 11) is 0. The van der Waals surface area contributed by atoms with Crippen LogP contribution < -0.4 is 5.43 Å². The van der Waals surface area contributed by atoms with E-state index >= 15 is 0 Å². The van der Waals surface area contributed by atoms with E-state index in [0.29, 0.717) is 17.0 Å². The summed E-state index contributed by atoms with van der Waals surface area (Å²) in [4.78, 5) is 14.8. The fourth-order valence-corrected chi connectivity index (χ4v) is 3.66. The number of fused-ring (bicyclic) bond motifs is 1. The van der Waals surface area contributed by atoms with E-state index in [1.54, 1.807) is 17.6 Å². The molecule has 1 aliphatic heterocycles. The van der Waals surface area contributed by atoms with Crippen molar-refractivity contribution in [3.63, 3.8) is 0 Å². The maximum atomic E-state index is 10.2. The molecule has 3 aromatic heterocycles. The summed E-state index contributed by atoms with van der Waals surface area (Å²) >= 11 is 1.62. The number of aryl methyl sites for hydroxylation is 1. The second-order valence-corrected chi connectivity index (χ2v) is 7.41. The van der Waals surface area contributed by atoms with Crippen LogP contribution in [0.3, 0.4) is 0 Å². The number of aliphatic hydroxyl groups is 3. The van der Waals surface area contributed by atoms with E-state index in [2.05, 4.69) is 25.5 Å². The maximum Gasteiger partial charge on any atom is 0.177 e. The van der Waals surface area contributed by atoms with Gasteiger partial charge in [-0.2, -0.15) is 5.10 Å². The van der Waals surface area contributed by atoms with Crippen LogP contribution in [0.4, 0.5) is 5.82 Å². The molecule has 1 saturated heterocycles. The van der Waals surface area contributed by atoms with Gasteiger partial charge in [-0.05, 0) is 19.1 Å². The number of ether oxygens (including phenoxy) is 1. The SMILES string of the molecule is Cc1ccc(C=NNc2ncnc3c2ncn3C2O[C@H](CO)[C@@H](O)[C@H]2O)s1. The van der Waals surface area contributed by atoms with E-state index < -0.39 is 31.1 Å². The highest BCUT2D eigenvalue weighted by atomic mass is 32.1. The number of hydrogen-bond acceptors (Lipinski definition) is 10. The largest absolute Gasteiger partial charge is 0.394 e. The minimum atomic E-state index is -1.22. The van der Waals surface area contributed by atoms with Crippen LogP contribution >= 0.6 is 11.3 Å². The van der Waals surface area contributed by atoms with Crippen molar-refractivity contribution in [3.8, 4) is 0 Å². The molecule has 1 fully saturated rings. The minimum Gasteiger partial charge on any atom is -0.394 e. The number of thiophene rings is 1. The highest BCUT2D eigenvalue weighted by Crippen LogP contribution is 2.32. The van der Waals surface area contributed by atoms with Crippen LogP contribution in [0.25, 0.3) is 11.2 Å². The van der Waals surface area contributed by atoms with E-state index in [1.165, 1.54) is 22.1 Å². The van der Waals surface area contributed by atoms with Crippen molar-refractivity contribution in [1.29, 1.82) is 0 Å². The van der Waals surface area contributed by atoms with Crippen LogP contribution in [0.5, 0.6) is 0 Å². The van der Waals surface area contributed by atoms with Crippen molar-refractivity contribution in [2.45, 2.75) is 31.5 Å². The van der Waals surface area contributed by atoms with Gasteiger partial charge in [0.05, 0.1) is 19.1 Å². The van der Waals surface area contributed by atoms with Crippen molar-refractivity contribution in [1.82, 2.24) is 19.5 Å². The predicted molar refractivity (Wildman–Crippen MR) is 98.6 cm³/mol. The van der Waals surface area contributed by atoms with Crippen molar-refractivity contribution < 1.29 is 20.1 Å². The summed E-state index contributed by atoms with van der Waals surface area (Å²) in [5.41, 5.74) is 3.69. The summed E-state index contributed by atoms with van der Waals surface area (Å²) < 4.78 is 7.03. The van der Waals surface area contributed by atoms with Crippen molar-refractivity contribution >= 4 is 34.5 Å². The molecule has 11 heteroatoms. The molecule has 0 bridgehead atoms. The maximum absolute atomic E-state index is 10.2. The van der Waals surface area contributed by atoms with Gasteiger partial charge in [-0.15, -0.1) is 11.3 Å². The topological polar surface area (TPSA) is 138 Å². The smallest absolute Gasteiger partial charge is 0.177 e. The third-order valence-corrected chi connectivity index (χ3v) is 5.21. The van der Waals surface area contributed by atoms with Crippen LogP contribution in [-0.2, 0) is 4.74 Å². The number of nitrogens with zero attached hydrogens (tertiary/aromatic N) is 5. The third-order valence-electron chi connectivity index (χ3n) is 4.27. The molecule has 142 valence electrons. The molecule has 4 heterocycles. The van der Waals surface area contributed by atoms with Gasteiger partial charge >= 0.3 is 0 Å². The number of hydrogen-bond donors (Lipinski definition) is 4. The van der Waals surface area contributed by atoms with Gasteiger partial charge in [0.15, 0.2) is 23.2 Å². The molecule has 4 atom stereocenters. The lowest BCUT2D eigenvalue weighted by molar-refractivity contribution is -0.0511. The molecule has 10 nitrogen and oxygen atoms in total. The Bertz CT molecular complexity index is 973. The van der Waals surface area contributed by atoms with Gasteiger partial charge < -0.3 is 20.1 Å².